The largest absolute Gasteiger partial charge is 0.482 e. The normalized spacial score (nSPS) is 16.0. The fraction of sp³-hybridized carbons (Fsp3) is 0.476. The number of hydrogen-bond acceptors (Lipinski definition) is 4. The topological polar surface area (TPSA) is 79.0 Å². The third-order valence-corrected chi connectivity index (χ3v) is 5.01. The van der Waals surface area contributed by atoms with Crippen LogP contribution < -0.4 is 15.0 Å². The molecule has 0 saturated heterocycles. The predicted octanol–water partition coefficient (Wildman–Crippen LogP) is 2.12. The highest BCUT2D eigenvalue weighted by Crippen LogP contribution is 2.33. The van der Waals surface area contributed by atoms with Crippen LogP contribution in [-0.4, -0.2) is 56.4 Å². The molecule has 1 N–H and O–H groups in total. The summed E-state index contributed by atoms with van der Waals surface area (Å²) in [5.74, 6) is -0.199. The van der Waals surface area contributed by atoms with Gasteiger partial charge in [-0.2, -0.15) is 0 Å². The Balaban J connectivity index is 1.65. The maximum Gasteiger partial charge on any atom is 0.265 e. The van der Waals surface area contributed by atoms with E-state index in [-0.39, 0.29) is 30.9 Å². The van der Waals surface area contributed by atoms with Crippen LogP contribution in [0.4, 0.5) is 5.69 Å². The molecule has 3 amide bonds. The molecule has 28 heavy (non-hydrogen) atoms. The van der Waals surface area contributed by atoms with Crippen LogP contribution in [0.1, 0.15) is 42.5 Å². The third kappa shape index (κ3) is 4.71. The smallest absolute Gasteiger partial charge is 0.265 e. The molecule has 0 unspecified atom stereocenters. The van der Waals surface area contributed by atoms with Crippen molar-refractivity contribution in [1.82, 2.24) is 10.2 Å². The highest BCUT2D eigenvalue weighted by atomic mass is 16.5. The third-order valence-electron chi connectivity index (χ3n) is 5.01. The van der Waals surface area contributed by atoms with Gasteiger partial charge in [0.15, 0.2) is 6.61 Å². The molecule has 0 fully saturated rings. The standard InChI is InChI=1S/C21H27N3O4/c1-23(2)21(27)16-8-9-18-17(12-16)24(20(26)14-28-18)13-19(25)22-11-10-15-6-4-3-5-7-15/h6,8-9,12H,3-5,7,10-11,13-14H2,1-2H3,(H,22,25). The fourth-order valence-corrected chi connectivity index (χ4v) is 3.46. The SMILES string of the molecule is CN(C)C(=O)c1ccc2c(c1)N(CC(=O)NCCC1=CCCCC1)C(=O)CO2. The Hall–Kier alpha value is -2.83. The summed E-state index contributed by atoms with van der Waals surface area (Å²) in [4.78, 5) is 39.8. The lowest BCUT2D eigenvalue weighted by molar-refractivity contribution is -0.125. The molecule has 3 rings (SSSR count). The van der Waals surface area contributed by atoms with Gasteiger partial charge in [-0.05, 0) is 50.3 Å². The second-order valence-corrected chi connectivity index (χ2v) is 7.36. The summed E-state index contributed by atoms with van der Waals surface area (Å²) in [6.07, 6.45) is 7.80. The average molecular weight is 385 g/mol. The van der Waals surface area contributed by atoms with Crippen molar-refractivity contribution in [3.8, 4) is 5.75 Å². The maximum atomic E-state index is 12.4. The predicted molar refractivity (Wildman–Crippen MR) is 106 cm³/mol. The van der Waals surface area contributed by atoms with Crippen molar-refractivity contribution in [2.75, 3.05) is 38.7 Å². The number of ether oxygens (including phenoxy) is 1. The van der Waals surface area contributed by atoms with Crippen molar-refractivity contribution < 1.29 is 19.1 Å². The first-order valence-corrected chi connectivity index (χ1v) is 9.69. The van der Waals surface area contributed by atoms with E-state index in [2.05, 4.69) is 11.4 Å². The molecule has 1 aromatic carbocycles. The summed E-state index contributed by atoms with van der Waals surface area (Å²) in [5.41, 5.74) is 2.29. The molecule has 1 aliphatic heterocycles. The van der Waals surface area contributed by atoms with E-state index in [4.69, 9.17) is 4.74 Å². The Morgan fingerprint density at radius 3 is 2.79 bits per heavy atom. The van der Waals surface area contributed by atoms with Crippen molar-refractivity contribution in [2.24, 2.45) is 0 Å². The van der Waals surface area contributed by atoms with Crippen molar-refractivity contribution in [3.63, 3.8) is 0 Å². The lowest BCUT2D eigenvalue weighted by Gasteiger charge is -2.29. The number of benzene rings is 1. The van der Waals surface area contributed by atoms with E-state index in [1.54, 1.807) is 32.3 Å². The van der Waals surface area contributed by atoms with Crippen LogP contribution in [0.3, 0.4) is 0 Å². The summed E-state index contributed by atoms with van der Waals surface area (Å²) in [6, 6.07) is 4.93. The molecule has 0 bridgehead atoms. The van der Waals surface area contributed by atoms with Crippen molar-refractivity contribution in [3.05, 3.63) is 35.4 Å². The average Bonchev–Trinajstić information content (AvgIpc) is 2.70. The first-order chi connectivity index (χ1) is 13.5. The van der Waals surface area contributed by atoms with Crippen LogP contribution in [-0.2, 0) is 9.59 Å². The Labute approximate surface area is 165 Å². The number of nitrogens with one attached hydrogen (secondary N) is 1. The van der Waals surface area contributed by atoms with E-state index >= 15 is 0 Å². The molecule has 0 saturated carbocycles. The highest BCUT2D eigenvalue weighted by molar-refractivity contribution is 6.04. The van der Waals surface area contributed by atoms with Crippen molar-refractivity contribution in [1.29, 1.82) is 0 Å². The van der Waals surface area contributed by atoms with Crippen LogP contribution in [0.25, 0.3) is 0 Å². The van der Waals surface area contributed by atoms with E-state index in [0.29, 0.717) is 23.5 Å². The molecular formula is C21H27N3O4. The second kappa shape index (κ2) is 8.91. The van der Waals surface area contributed by atoms with Gasteiger partial charge in [-0.25, -0.2) is 0 Å². The zero-order valence-electron chi connectivity index (χ0n) is 16.5. The molecule has 0 spiro atoms. The van der Waals surface area contributed by atoms with E-state index < -0.39 is 0 Å². The molecule has 7 heteroatoms. The lowest BCUT2D eigenvalue weighted by Crippen LogP contribution is -2.45. The van der Waals surface area contributed by atoms with E-state index in [9.17, 15) is 14.4 Å². The Bertz CT molecular complexity index is 801. The number of fused-ring (bicyclic) bond motifs is 1. The second-order valence-electron chi connectivity index (χ2n) is 7.36. The van der Waals surface area contributed by atoms with E-state index in [1.807, 2.05) is 0 Å². The molecular weight excluding hydrogens is 358 g/mol. The number of carbonyl (C=O) groups excluding carboxylic acids is 3. The molecule has 7 nitrogen and oxygen atoms in total. The van der Waals surface area contributed by atoms with E-state index in [0.717, 1.165) is 19.3 Å². The number of rotatable bonds is 6. The first-order valence-electron chi connectivity index (χ1n) is 9.69. The van der Waals surface area contributed by atoms with Gasteiger partial charge in [-0.15, -0.1) is 0 Å². The molecule has 2 aliphatic rings. The van der Waals surface area contributed by atoms with Crippen LogP contribution in [0.2, 0.25) is 0 Å². The number of amides is 3. The number of allylic oxidation sites excluding steroid dienone is 1. The first kappa shape index (κ1) is 19.9. The summed E-state index contributed by atoms with van der Waals surface area (Å²) in [6.45, 7) is 0.358. The van der Waals surface area contributed by atoms with E-state index in [1.165, 1.54) is 28.2 Å². The monoisotopic (exact) mass is 385 g/mol. The molecule has 1 aromatic rings. The number of nitrogens with zero attached hydrogens (tertiary/aromatic N) is 2. The summed E-state index contributed by atoms with van der Waals surface area (Å²) >= 11 is 0. The van der Waals surface area contributed by atoms with Crippen LogP contribution in [0.5, 0.6) is 5.75 Å². The zero-order chi connectivity index (χ0) is 20.1. The molecule has 0 radical (unpaired) electrons. The highest BCUT2D eigenvalue weighted by Gasteiger charge is 2.28. The van der Waals surface area contributed by atoms with Crippen molar-refractivity contribution >= 4 is 23.4 Å². The minimum absolute atomic E-state index is 0.0894. The molecule has 0 atom stereocenters. The molecule has 1 aliphatic carbocycles. The van der Waals surface area contributed by atoms with Gasteiger partial charge in [0, 0.05) is 26.2 Å². The molecule has 0 aromatic heterocycles. The quantitative estimate of drug-likeness (QED) is 0.761. The van der Waals surface area contributed by atoms with Gasteiger partial charge in [-0.3, -0.25) is 19.3 Å². The molecule has 1 heterocycles. The summed E-state index contributed by atoms with van der Waals surface area (Å²) in [7, 11) is 3.33. The van der Waals surface area contributed by atoms with Crippen LogP contribution >= 0.6 is 0 Å². The van der Waals surface area contributed by atoms with Gasteiger partial charge in [0.05, 0.1) is 5.69 Å². The van der Waals surface area contributed by atoms with Crippen molar-refractivity contribution in [2.45, 2.75) is 32.1 Å². The fourth-order valence-electron chi connectivity index (χ4n) is 3.46. The van der Waals surface area contributed by atoms with Gasteiger partial charge < -0.3 is 15.0 Å². The number of carbonyl (C=O) groups is 3. The Morgan fingerprint density at radius 1 is 1.25 bits per heavy atom. The lowest BCUT2D eigenvalue weighted by atomic mass is 9.97. The van der Waals surface area contributed by atoms with Gasteiger partial charge in [-0.1, -0.05) is 11.6 Å². The Morgan fingerprint density at radius 2 is 2.07 bits per heavy atom. The van der Waals surface area contributed by atoms with Crippen LogP contribution in [0.15, 0.2) is 29.8 Å². The van der Waals surface area contributed by atoms with Crippen LogP contribution in [0, 0.1) is 0 Å². The Kier molecular flexibility index (Phi) is 6.34. The minimum atomic E-state index is -0.299. The molecule has 150 valence electrons. The number of hydrogen-bond donors (Lipinski definition) is 1. The zero-order valence-corrected chi connectivity index (χ0v) is 16.5. The summed E-state index contributed by atoms with van der Waals surface area (Å²) in [5, 5.41) is 2.89. The van der Waals surface area contributed by atoms with Gasteiger partial charge in [0.25, 0.3) is 11.8 Å². The van der Waals surface area contributed by atoms with Gasteiger partial charge >= 0.3 is 0 Å². The minimum Gasteiger partial charge on any atom is -0.482 e. The maximum absolute atomic E-state index is 12.4. The van der Waals surface area contributed by atoms with Gasteiger partial charge in [0.2, 0.25) is 5.91 Å². The number of anilines is 1. The van der Waals surface area contributed by atoms with Gasteiger partial charge in [0.1, 0.15) is 12.3 Å². The summed E-state index contributed by atoms with van der Waals surface area (Å²) < 4.78 is 5.45.